The van der Waals surface area contributed by atoms with Crippen molar-refractivity contribution in [2.45, 2.75) is 155 Å². The molecule has 0 aliphatic heterocycles. The summed E-state index contributed by atoms with van der Waals surface area (Å²) in [4.78, 5) is 0. The topological polar surface area (TPSA) is 17.1 Å². The van der Waals surface area contributed by atoms with E-state index in [0.29, 0.717) is 17.0 Å². The Morgan fingerprint density at radius 1 is 0.423 bits per heavy atom. The van der Waals surface area contributed by atoms with Gasteiger partial charge in [-0.25, -0.2) is 0 Å². The largest absolute Gasteiger partial charge is 0.323 e. The Morgan fingerprint density at radius 2 is 0.615 bits per heavy atom. The Hall–Kier alpha value is 0.230. The first kappa shape index (κ1) is 26.2. The SMILES string of the molecule is CC.CC.CC.O=P(C1CCCCC1)(C1CCCCC1)C1CCCCC1. The molecule has 3 fully saturated rings. The monoisotopic (exact) mass is 386 g/mol. The minimum atomic E-state index is -1.95. The van der Waals surface area contributed by atoms with E-state index in [9.17, 15) is 4.57 Å². The van der Waals surface area contributed by atoms with Crippen LogP contribution in [0.1, 0.15) is 138 Å². The molecule has 3 rings (SSSR count). The fourth-order valence-electron chi connectivity index (χ4n) is 5.35. The van der Waals surface area contributed by atoms with Crippen molar-refractivity contribution in [1.82, 2.24) is 0 Å². The summed E-state index contributed by atoms with van der Waals surface area (Å²) in [7, 11) is -1.95. The molecule has 0 unspecified atom stereocenters. The maximum absolute atomic E-state index is 14.3. The molecule has 158 valence electrons. The van der Waals surface area contributed by atoms with Gasteiger partial charge in [0.1, 0.15) is 0 Å². The molecule has 3 saturated carbocycles. The van der Waals surface area contributed by atoms with Crippen LogP contribution in [0.25, 0.3) is 0 Å². The van der Waals surface area contributed by atoms with Crippen LogP contribution in [0.5, 0.6) is 0 Å². The maximum atomic E-state index is 14.3. The third-order valence-electron chi connectivity index (χ3n) is 6.44. The van der Waals surface area contributed by atoms with Crippen molar-refractivity contribution >= 4 is 7.14 Å². The molecule has 3 aliphatic rings. The van der Waals surface area contributed by atoms with Gasteiger partial charge in [-0.1, -0.05) is 99.3 Å². The molecule has 2 heteroatoms. The van der Waals surface area contributed by atoms with Crippen LogP contribution in [-0.4, -0.2) is 17.0 Å². The van der Waals surface area contributed by atoms with E-state index in [4.69, 9.17) is 0 Å². The molecule has 0 heterocycles. The summed E-state index contributed by atoms with van der Waals surface area (Å²) in [5, 5.41) is 0. The minimum absolute atomic E-state index is 0.627. The van der Waals surface area contributed by atoms with E-state index < -0.39 is 7.14 Å². The quantitative estimate of drug-likeness (QED) is 0.441. The molecule has 26 heavy (non-hydrogen) atoms. The van der Waals surface area contributed by atoms with Gasteiger partial charge in [0.15, 0.2) is 0 Å². The third-order valence-corrected chi connectivity index (χ3v) is 11.4. The highest BCUT2D eigenvalue weighted by Crippen LogP contribution is 2.68. The van der Waals surface area contributed by atoms with Crippen molar-refractivity contribution in [2.24, 2.45) is 0 Å². The first-order valence-electron chi connectivity index (χ1n) is 12.4. The highest BCUT2D eigenvalue weighted by Gasteiger charge is 2.46. The highest BCUT2D eigenvalue weighted by atomic mass is 31.2. The fourth-order valence-corrected chi connectivity index (χ4v) is 10.7. The lowest BCUT2D eigenvalue weighted by molar-refractivity contribution is 0.418. The van der Waals surface area contributed by atoms with Crippen molar-refractivity contribution in [2.75, 3.05) is 0 Å². The van der Waals surface area contributed by atoms with Crippen molar-refractivity contribution < 1.29 is 4.57 Å². The summed E-state index contributed by atoms with van der Waals surface area (Å²) in [6.07, 6.45) is 20.1. The Kier molecular flexibility index (Phi) is 16.4. The van der Waals surface area contributed by atoms with Crippen molar-refractivity contribution in [1.29, 1.82) is 0 Å². The second kappa shape index (κ2) is 16.2. The smallest absolute Gasteiger partial charge is 0.0964 e. The standard InChI is InChI=1S/C18H33OP.3C2H6/c19-20(16-10-4-1-5-11-16,17-12-6-2-7-13-17)18-14-8-3-9-15-18;3*1-2/h16-18H,1-15H2;3*1-2H3. The Morgan fingerprint density at radius 3 is 0.808 bits per heavy atom. The first-order valence-corrected chi connectivity index (χ1v) is 14.3. The second-order valence-corrected chi connectivity index (χ2v) is 11.4. The lowest BCUT2D eigenvalue weighted by Gasteiger charge is -2.44. The van der Waals surface area contributed by atoms with Gasteiger partial charge in [0.25, 0.3) is 0 Å². The molecule has 0 aromatic carbocycles. The van der Waals surface area contributed by atoms with E-state index in [2.05, 4.69) is 0 Å². The molecule has 0 amide bonds. The van der Waals surface area contributed by atoms with Gasteiger partial charge < -0.3 is 4.57 Å². The van der Waals surface area contributed by atoms with E-state index >= 15 is 0 Å². The van der Waals surface area contributed by atoms with Crippen LogP contribution in [0.3, 0.4) is 0 Å². The van der Waals surface area contributed by atoms with Crippen LogP contribution >= 0.6 is 7.14 Å². The first-order chi connectivity index (χ1) is 12.8. The second-order valence-electron chi connectivity index (χ2n) is 7.64. The third kappa shape index (κ3) is 7.33. The molecule has 0 N–H and O–H groups in total. The predicted octanol–water partition coefficient (Wildman–Crippen LogP) is 9.43. The van der Waals surface area contributed by atoms with Gasteiger partial charge in [-0.3, -0.25) is 0 Å². The van der Waals surface area contributed by atoms with Crippen molar-refractivity contribution in [3.63, 3.8) is 0 Å². The summed E-state index contributed by atoms with van der Waals surface area (Å²) in [6, 6.07) is 0. The lowest BCUT2D eigenvalue weighted by atomic mass is 9.99. The van der Waals surface area contributed by atoms with E-state index in [1.54, 1.807) is 0 Å². The molecule has 0 spiro atoms. The van der Waals surface area contributed by atoms with E-state index in [0.717, 1.165) is 0 Å². The van der Waals surface area contributed by atoms with E-state index in [1.165, 1.54) is 96.3 Å². The summed E-state index contributed by atoms with van der Waals surface area (Å²) in [5.41, 5.74) is 1.88. The number of rotatable bonds is 3. The summed E-state index contributed by atoms with van der Waals surface area (Å²) >= 11 is 0. The molecular formula is C24H51OP. The van der Waals surface area contributed by atoms with Gasteiger partial charge >= 0.3 is 0 Å². The van der Waals surface area contributed by atoms with Crippen LogP contribution in [0.4, 0.5) is 0 Å². The molecule has 0 saturated heterocycles. The number of hydrogen-bond acceptors (Lipinski definition) is 1. The molecule has 0 bridgehead atoms. The predicted molar refractivity (Wildman–Crippen MR) is 122 cm³/mol. The number of hydrogen-bond donors (Lipinski definition) is 0. The van der Waals surface area contributed by atoms with Gasteiger partial charge in [0, 0.05) is 17.0 Å². The highest BCUT2D eigenvalue weighted by molar-refractivity contribution is 7.66. The zero-order chi connectivity index (χ0) is 19.8. The van der Waals surface area contributed by atoms with Crippen LogP contribution in [0, 0.1) is 0 Å². The van der Waals surface area contributed by atoms with Crippen LogP contribution in [0.15, 0.2) is 0 Å². The maximum Gasteiger partial charge on any atom is 0.0964 e. The van der Waals surface area contributed by atoms with Gasteiger partial charge in [0.05, 0.1) is 7.14 Å². The van der Waals surface area contributed by atoms with Crippen LogP contribution in [0.2, 0.25) is 0 Å². The van der Waals surface area contributed by atoms with Crippen LogP contribution < -0.4 is 0 Å². The van der Waals surface area contributed by atoms with Gasteiger partial charge in [0.2, 0.25) is 0 Å². The molecule has 0 atom stereocenters. The Balaban J connectivity index is 0.000000948. The Labute approximate surface area is 166 Å². The average molecular weight is 387 g/mol. The van der Waals surface area contributed by atoms with Gasteiger partial charge in [-0.05, 0) is 38.5 Å². The molecule has 0 aromatic rings. The Bertz CT molecular complexity index is 282. The molecule has 0 aromatic heterocycles. The van der Waals surface area contributed by atoms with Crippen molar-refractivity contribution in [3.05, 3.63) is 0 Å². The lowest BCUT2D eigenvalue weighted by Crippen LogP contribution is -2.31. The molecule has 1 nitrogen and oxygen atoms in total. The normalized spacial score (nSPS) is 22.7. The summed E-state index contributed by atoms with van der Waals surface area (Å²) < 4.78 is 14.3. The zero-order valence-corrected chi connectivity index (χ0v) is 20.1. The summed E-state index contributed by atoms with van der Waals surface area (Å²) in [6.45, 7) is 12.0. The van der Waals surface area contributed by atoms with Crippen LogP contribution in [-0.2, 0) is 4.57 Å². The van der Waals surface area contributed by atoms with Gasteiger partial charge in [-0.2, -0.15) is 0 Å². The molecule has 0 radical (unpaired) electrons. The molecule has 3 aliphatic carbocycles. The fraction of sp³-hybridized carbons (Fsp3) is 1.00. The van der Waals surface area contributed by atoms with E-state index in [1.807, 2.05) is 41.5 Å². The summed E-state index contributed by atoms with van der Waals surface area (Å²) in [5.74, 6) is 0. The van der Waals surface area contributed by atoms with E-state index in [-0.39, 0.29) is 0 Å². The average Bonchev–Trinajstić information content (AvgIpc) is 2.79. The van der Waals surface area contributed by atoms with Crippen molar-refractivity contribution in [3.8, 4) is 0 Å². The minimum Gasteiger partial charge on any atom is -0.323 e. The zero-order valence-electron chi connectivity index (χ0n) is 19.2. The van der Waals surface area contributed by atoms with Gasteiger partial charge in [-0.15, -0.1) is 0 Å². The molecular weight excluding hydrogens is 335 g/mol.